The molecule has 3 aromatic rings. The van der Waals surface area contributed by atoms with Gasteiger partial charge in [0.25, 0.3) is 15.9 Å². The number of rotatable bonds is 5. The maximum Gasteiger partial charge on any atom is 0.262 e. The number of nitrogens with zero attached hydrogens (tertiary/aromatic N) is 2. The molecular formula is C21H20ClN3O3S. The number of pyridine rings is 1. The summed E-state index contributed by atoms with van der Waals surface area (Å²) < 4.78 is 28.3. The van der Waals surface area contributed by atoms with Crippen LogP contribution in [-0.4, -0.2) is 26.4 Å². The first-order valence-corrected chi connectivity index (χ1v) is 10.6. The van der Waals surface area contributed by atoms with Crippen LogP contribution < -0.4 is 9.62 Å². The topological polar surface area (TPSA) is 79.4 Å². The standard InChI is InChI=1S/C21H20ClN3O3S/c1-14-12-19(15(2)11-18(14)22)29(27,28)24-17-8-6-7-16(13-17)21(26)25(3)20-9-4-5-10-23-20/h4-13,24H,1-3H3. The van der Waals surface area contributed by atoms with E-state index in [9.17, 15) is 13.2 Å². The summed E-state index contributed by atoms with van der Waals surface area (Å²) in [5.41, 5.74) is 1.83. The van der Waals surface area contributed by atoms with Crippen LogP contribution in [0.15, 0.2) is 65.7 Å². The summed E-state index contributed by atoms with van der Waals surface area (Å²) in [6.07, 6.45) is 1.60. The molecule has 0 atom stereocenters. The summed E-state index contributed by atoms with van der Waals surface area (Å²) in [6.45, 7) is 3.43. The van der Waals surface area contributed by atoms with Gasteiger partial charge < -0.3 is 0 Å². The molecule has 3 rings (SSSR count). The highest BCUT2D eigenvalue weighted by atomic mass is 35.5. The van der Waals surface area contributed by atoms with Crippen molar-refractivity contribution >= 4 is 39.0 Å². The lowest BCUT2D eigenvalue weighted by Gasteiger charge is -2.17. The molecule has 0 aliphatic carbocycles. The lowest BCUT2D eigenvalue weighted by Crippen LogP contribution is -2.27. The van der Waals surface area contributed by atoms with Crippen LogP contribution in [0, 0.1) is 13.8 Å². The molecule has 0 fully saturated rings. The van der Waals surface area contributed by atoms with Crippen LogP contribution in [0.2, 0.25) is 5.02 Å². The van der Waals surface area contributed by atoms with Gasteiger partial charge in [-0.2, -0.15) is 0 Å². The van der Waals surface area contributed by atoms with Gasteiger partial charge in [0.1, 0.15) is 5.82 Å². The Labute approximate surface area is 175 Å². The molecule has 1 aromatic heterocycles. The van der Waals surface area contributed by atoms with Crippen LogP contribution in [0.5, 0.6) is 0 Å². The summed E-state index contributed by atoms with van der Waals surface area (Å²) in [5, 5.41) is 0.506. The number of hydrogen-bond acceptors (Lipinski definition) is 4. The van der Waals surface area contributed by atoms with Crippen molar-refractivity contribution in [3.63, 3.8) is 0 Å². The number of aryl methyl sites for hydroxylation is 2. The van der Waals surface area contributed by atoms with Crippen LogP contribution in [0.3, 0.4) is 0 Å². The van der Waals surface area contributed by atoms with Gasteiger partial charge in [0.15, 0.2) is 0 Å². The number of aromatic nitrogens is 1. The third-order valence-electron chi connectivity index (χ3n) is 4.41. The van der Waals surface area contributed by atoms with E-state index in [0.717, 1.165) is 0 Å². The summed E-state index contributed by atoms with van der Waals surface area (Å²) >= 11 is 6.07. The number of benzene rings is 2. The van der Waals surface area contributed by atoms with Gasteiger partial charge in [-0.05, 0) is 67.4 Å². The Bertz CT molecular complexity index is 1170. The maximum atomic E-state index is 12.9. The fraction of sp³-hybridized carbons (Fsp3) is 0.143. The van der Waals surface area contributed by atoms with Crippen LogP contribution >= 0.6 is 11.6 Å². The molecule has 1 amide bonds. The number of hydrogen-bond donors (Lipinski definition) is 1. The van der Waals surface area contributed by atoms with Gasteiger partial charge in [-0.1, -0.05) is 23.7 Å². The average Bonchev–Trinajstić information content (AvgIpc) is 2.70. The van der Waals surface area contributed by atoms with E-state index in [1.807, 2.05) is 0 Å². The molecule has 0 saturated carbocycles. The average molecular weight is 430 g/mol. The second-order valence-electron chi connectivity index (χ2n) is 6.61. The van der Waals surface area contributed by atoms with Gasteiger partial charge in [0, 0.05) is 29.5 Å². The highest BCUT2D eigenvalue weighted by molar-refractivity contribution is 7.92. The maximum absolute atomic E-state index is 12.9. The molecule has 0 unspecified atom stereocenters. The van der Waals surface area contributed by atoms with Crippen LogP contribution in [-0.2, 0) is 10.0 Å². The Morgan fingerprint density at radius 1 is 1.03 bits per heavy atom. The quantitative estimate of drug-likeness (QED) is 0.650. The van der Waals surface area contributed by atoms with Crippen molar-refractivity contribution in [2.24, 2.45) is 0 Å². The van der Waals surface area contributed by atoms with Gasteiger partial charge in [0.05, 0.1) is 4.90 Å². The SMILES string of the molecule is Cc1cc(S(=O)(=O)Nc2cccc(C(=O)N(C)c3ccccn3)c2)c(C)cc1Cl. The zero-order chi connectivity index (χ0) is 21.2. The number of nitrogens with one attached hydrogen (secondary N) is 1. The molecular weight excluding hydrogens is 410 g/mol. The van der Waals surface area contributed by atoms with E-state index >= 15 is 0 Å². The van der Waals surface area contributed by atoms with Crippen LogP contribution in [0.1, 0.15) is 21.5 Å². The zero-order valence-electron chi connectivity index (χ0n) is 16.2. The molecule has 0 spiro atoms. The molecule has 0 aliphatic rings. The van der Waals surface area contributed by atoms with Gasteiger partial charge in [-0.25, -0.2) is 13.4 Å². The fourth-order valence-corrected chi connectivity index (χ4v) is 4.40. The normalized spacial score (nSPS) is 11.2. The van der Waals surface area contributed by atoms with Crippen molar-refractivity contribution in [1.29, 1.82) is 0 Å². The number of carbonyl (C=O) groups is 1. The molecule has 1 N–H and O–H groups in total. The predicted octanol–water partition coefficient (Wildman–Crippen LogP) is 4.43. The van der Waals surface area contributed by atoms with Crippen molar-refractivity contribution < 1.29 is 13.2 Å². The zero-order valence-corrected chi connectivity index (χ0v) is 17.8. The van der Waals surface area contributed by atoms with E-state index in [2.05, 4.69) is 9.71 Å². The van der Waals surface area contributed by atoms with Crippen molar-refractivity contribution in [1.82, 2.24) is 4.98 Å². The second kappa shape index (κ2) is 8.23. The monoisotopic (exact) mass is 429 g/mol. The lowest BCUT2D eigenvalue weighted by molar-refractivity contribution is 0.0992. The van der Waals surface area contributed by atoms with Gasteiger partial charge in [0.2, 0.25) is 0 Å². The Morgan fingerprint density at radius 3 is 2.48 bits per heavy atom. The number of amides is 1. The molecule has 0 aliphatic heterocycles. The summed E-state index contributed by atoms with van der Waals surface area (Å²) in [4.78, 5) is 18.5. The highest BCUT2D eigenvalue weighted by Crippen LogP contribution is 2.26. The van der Waals surface area contributed by atoms with Crippen molar-refractivity contribution in [3.8, 4) is 0 Å². The Morgan fingerprint density at radius 2 is 1.79 bits per heavy atom. The van der Waals surface area contributed by atoms with E-state index in [-0.39, 0.29) is 16.5 Å². The van der Waals surface area contributed by atoms with Crippen molar-refractivity contribution in [2.75, 3.05) is 16.7 Å². The smallest absolute Gasteiger partial charge is 0.262 e. The molecule has 1 heterocycles. The molecule has 0 bridgehead atoms. The molecule has 8 heteroatoms. The minimum Gasteiger partial charge on any atom is -0.296 e. The Hall–Kier alpha value is -2.90. The summed E-state index contributed by atoms with van der Waals surface area (Å²) in [7, 11) is -2.23. The second-order valence-corrected chi connectivity index (χ2v) is 8.66. The molecule has 6 nitrogen and oxygen atoms in total. The Kier molecular flexibility index (Phi) is 5.91. The third kappa shape index (κ3) is 4.58. The first kappa shape index (κ1) is 20.8. The molecule has 2 aromatic carbocycles. The fourth-order valence-electron chi connectivity index (χ4n) is 2.82. The van der Waals surface area contributed by atoms with E-state index < -0.39 is 10.0 Å². The number of sulfonamides is 1. The first-order chi connectivity index (χ1) is 13.7. The summed E-state index contributed by atoms with van der Waals surface area (Å²) in [5.74, 6) is 0.194. The minimum atomic E-state index is -3.84. The molecule has 0 radical (unpaired) electrons. The van der Waals surface area contributed by atoms with Crippen molar-refractivity contribution in [2.45, 2.75) is 18.7 Å². The largest absolute Gasteiger partial charge is 0.296 e. The van der Waals surface area contributed by atoms with E-state index in [1.54, 1.807) is 69.6 Å². The van der Waals surface area contributed by atoms with Gasteiger partial charge >= 0.3 is 0 Å². The van der Waals surface area contributed by atoms with Gasteiger partial charge in [-0.3, -0.25) is 14.4 Å². The van der Waals surface area contributed by atoms with Crippen LogP contribution in [0.25, 0.3) is 0 Å². The number of carbonyl (C=O) groups excluding carboxylic acids is 1. The highest BCUT2D eigenvalue weighted by Gasteiger charge is 2.20. The number of halogens is 1. The number of anilines is 2. The lowest BCUT2D eigenvalue weighted by atomic mass is 10.2. The predicted molar refractivity (Wildman–Crippen MR) is 115 cm³/mol. The summed E-state index contributed by atoms with van der Waals surface area (Å²) in [6, 6.07) is 14.7. The van der Waals surface area contributed by atoms with E-state index in [1.165, 1.54) is 17.0 Å². The van der Waals surface area contributed by atoms with Crippen LogP contribution in [0.4, 0.5) is 11.5 Å². The van der Waals surface area contributed by atoms with E-state index in [4.69, 9.17) is 11.6 Å². The minimum absolute atomic E-state index is 0.140. The third-order valence-corrected chi connectivity index (χ3v) is 6.34. The molecule has 0 saturated heterocycles. The van der Waals surface area contributed by atoms with Gasteiger partial charge in [-0.15, -0.1) is 0 Å². The Balaban J connectivity index is 1.88. The molecule has 150 valence electrons. The first-order valence-electron chi connectivity index (χ1n) is 8.78. The molecule has 29 heavy (non-hydrogen) atoms. The van der Waals surface area contributed by atoms with E-state index in [0.29, 0.717) is 27.5 Å². The van der Waals surface area contributed by atoms with Crippen molar-refractivity contribution in [3.05, 3.63) is 82.5 Å².